The largest absolute Gasteiger partial charge is 0.354 e. The molecule has 4 aliphatic carbocycles. The van der Waals surface area contributed by atoms with Crippen molar-refractivity contribution in [3.63, 3.8) is 0 Å². The number of hydrogen-bond donors (Lipinski definition) is 3. The summed E-state index contributed by atoms with van der Waals surface area (Å²) in [4.78, 5) is 37.0. The van der Waals surface area contributed by atoms with E-state index in [1.165, 1.54) is 6.42 Å². The van der Waals surface area contributed by atoms with E-state index >= 15 is 0 Å². The number of rotatable bonds is 6. The van der Waals surface area contributed by atoms with Crippen molar-refractivity contribution in [1.82, 2.24) is 16.0 Å². The van der Waals surface area contributed by atoms with Gasteiger partial charge in [-0.3, -0.25) is 14.4 Å². The Bertz CT molecular complexity index is 809. The van der Waals surface area contributed by atoms with Gasteiger partial charge in [-0.25, -0.2) is 0 Å². The molecule has 1 aromatic rings. The van der Waals surface area contributed by atoms with E-state index in [1.807, 2.05) is 0 Å². The van der Waals surface area contributed by atoms with Gasteiger partial charge >= 0.3 is 0 Å². The van der Waals surface area contributed by atoms with Gasteiger partial charge in [0.05, 0.1) is 5.41 Å². The number of carbonyl (C=O) groups excluding carboxylic acids is 3. The Kier molecular flexibility index (Phi) is 5.32. The summed E-state index contributed by atoms with van der Waals surface area (Å²) in [7, 11) is 0. The summed E-state index contributed by atoms with van der Waals surface area (Å²) in [6.45, 7) is 2.32. The van der Waals surface area contributed by atoms with Gasteiger partial charge in [0.1, 0.15) is 0 Å². The Labute approximate surface area is 176 Å². The number of hydrogen-bond acceptors (Lipinski definition) is 3. The molecule has 3 amide bonds. The normalized spacial score (nSPS) is 31.9. The molecule has 0 saturated heterocycles. The summed E-state index contributed by atoms with van der Waals surface area (Å²) in [5.41, 5.74) is -0.0537. The molecule has 4 atom stereocenters. The second-order valence-electron chi connectivity index (χ2n) is 9.22. The molecule has 4 bridgehead atoms. The molecule has 0 spiro atoms. The molecule has 0 heterocycles. The fraction of sp³-hybridized carbons (Fsp3) is 0.591. The minimum absolute atomic E-state index is 0.00702. The lowest BCUT2D eigenvalue weighted by molar-refractivity contribution is -0.153. The highest BCUT2D eigenvalue weighted by Gasteiger charge is 2.60. The zero-order chi connectivity index (χ0) is 20.6. The Morgan fingerprint density at radius 3 is 2.24 bits per heavy atom. The Morgan fingerprint density at radius 2 is 1.62 bits per heavy atom. The molecule has 3 N–H and O–H groups in total. The first kappa shape index (κ1) is 20.2. The van der Waals surface area contributed by atoms with Gasteiger partial charge in [-0.15, -0.1) is 0 Å². The van der Waals surface area contributed by atoms with Crippen LogP contribution < -0.4 is 16.0 Å². The van der Waals surface area contributed by atoms with Crippen molar-refractivity contribution in [3.8, 4) is 0 Å². The van der Waals surface area contributed by atoms with E-state index < -0.39 is 0 Å². The molecule has 4 aliphatic rings. The van der Waals surface area contributed by atoms with Crippen LogP contribution in [0.5, 0.6) is 0 Å². The van der Waals surface area contributed by atoms with Crippen LogP contribution in [0, 0.1) is 17.3 Å². The molecule has 6 nitrogen and oxygen atoms in total. The van der Waals surface area contributed by atoms with E-state index in [2.05, 4.69) is 16.0 Å². The molecular weight excluding hydrogens is 390 g/mol. The van der Waals surface area contributed by atoms with Crippen LogP contribution in [0.2, 0.25) is 5.02 Å². The molecular formula is C22H28ClN3O3. The first-order valence-corrected chi connectivity index (χ1v) is 10.8. The third-order valence-electron chi connectivity index (χ3n) is 6.79. The lowest BCUT2D eigenvalue weighted by Gasteiger charge is -2.61. The van der Waals surface area contributed by atoms with E-state index in [9.17, 15) is 14.4 Å². The average Bonchev–Trinajstić information content (AvgIpc) is 2.63. The number of halogens is 1. The molecule has 1 aromatic carbocycles. The lowest BCUT2D eigenvalue weighted by Crippen LogP contribution is -2.65. The quantitative estimate of drug-likeness (QED) is 0.622. The summed E-state index contributed by atoms with van der Waals surface area (Å²) in [6, 6.07) is 6.70. The van der Waals surface area contributed by atoms with Crippen molar-refractivity contribution in [2.24, 2.45) is 17.3 Å². The van der Waals surface area contributed by atoms with Crippen molar-refractivity contribution in [2.45, 2.75) is 51.0 Å². The van der Waals surface area contributed by atoms with E-state index in [1.54, 1.807) is 31.2 Å². The van der Waals surface area contributed by atoms with Gasteiger partial charge in [0.2, 0.25) is 11.8 Å². The highest BCUT2D eigenvalue weighted by atomic mass is 35.5. The van der Waals surface area contributed by atoms with Crippen LogP contribution in [0.15, 0.2) is 24.3 Å². The molecule has 0 radical (unpaired) electrons. The van der Waals surface area contributed by atoms with Crippen LogP contribution in [0.25, 0.3) is 0 Å². The monoisotopic (exact) mass is 417 g/mol. The van der Waals surface area contributed by atoms with Crippen LogP contribution in [0.4, 0.5) is 0 Å². The highest BCUT2D eigenvalue weighted by Crippen LogP contribution is 2.61. The first-order valence-electron chi connectivity index (χ1n) is 10.4. The molecule has 2 unspecified atom stereocenters. The lowest BCUT2D eigenvalue weighted by atomic mass is 9.46. The summed E-state index contributed by atoms with van der Waals surface area (Å²) in [5, 5.41) is 9.64. The molecule has 7 heteroatoms. The number of amides is 3. The van der Waals surface area contributed by atoms with E-state index in [4.69, 9.17) is 11.6 Å². The SMILES string of the molecule is CC(=O)NC12C[C@H]3C[C@@H](C1)CC(C(=O)NCCNC(=O)c1ccc(Cl)cc1)(C3)C2. The average molecular weight is 418 g/mol. The standard InChI is InChI=1S/C22H28ClN3O3/c1-14(27)26-22-11-15-8-16(12-22)10-21(9-15,13-22)20(29)25-7-6-24-19(28)17-2-4-18(23)5-3-17/h2-5,15-16H,6-13H2,1H3,(H,24,28)(H,25,29)(H,26,27)/t15-,16+,21?,22?. The predicted octanol–water partition coefficient (Wildman–Crippen LogP) is 2.66. The second kappa shape index (κ2) is 7.63. The number of benzene rings is 1. The zero-order valence-corrected chi connectivity index (χ0v) is 17.5. The molecule has 5 rings (SSSR count). The van der Waals surface area contributed by atoms with Gasteiger partial charge in [0.25, 0.3) is 5.91 Å². The second-order valence-corrected chi connectivity index (χ2v) is 9.66. The van der Waals surface area contributed by atoms with Crippen LogP contribution >= 0.6 is 11.6 Å². The van der Waals surface area contributed by atoms with E-state index in [-0.39, 0.29) is 28.7 Å². The van der Waals surface area contributed by atoms with Crippen molar-refractivity contribution < 1.29 is 14.4 Å². The summed E-state index contributed by atoms with van der Waals surface area (Å²) in [6.07, 6.45) is 5.72. The maximum absolute atomic E-state index is 13.1. The van der Waals surface area contributed by atoms with Gasteiger partial charge in [-0.05, 0) is 74.6 Å². The smallest absolute Gasteiger partial charge is 0.251 e. The van der Waals surface area contributed by atoms with E-state index in [0.717, 1.165) is 32.1 Å². The molecule has 29 heavy (non-hydrogen) atoms. The Hall–Kier alpha value is -2.08. The van der Waals surface area contributed by atoms with Crippen LogP contribution in [-0.4, -0.2) is 36.3 Å². The van der Waals surface area contributed by atoms with Crippen molar-refractivity contribution in [1.29, 1.82) is 0 Å². The minimum atomic E-state index is -0.382. The van der Waals surface area contributed by atoms with Gasteiger partial charge in [0.15, 0.2) is 0 Å². The van der Waals surface area contributed by atoms with Crippen LogP contribution in [0.3, 0.4) is 0 Å². The predicted molar refractivity (Wildman–Crippen MR) is 110 cm³/mol. The van der Waals surface area contributed by atoms with Crippen LogP contribution in [0.1, 0.15) is 55.8 Å². The molecule has 0 aliphatic heterocycles. The molecule has 4 saturated carbocycles. The fourth-order valence-electron chi connectivity index (χ4n) is 6.29. The molecule has 0 aromatic heterocycles. The van der Waals surface area contributed by atoms with Gasteiger partial charge in [0, 0.05) is 36.1 Å². The summed E-state index contributed by atoms with van der Waals surface area (Å²) < 4.78 is 0. The third-order valence-corrected chi connectivity index (χ3v) is 7.04. The Morgan fingerprint density at radius 1 is 1.00 bits per heavy atom. The van der Waals surface area contributed by atoms with Crippen molar-refractivity contribution in [3.05, 3.63) is 34.9 Å². The fourth-order valence-corrected chi connectivity index (χ4v) is 6.42. The highest BCUT2D eigenvalue weighted by molar-refractivity contribution is 6.30. The van der Waals surface area contributed by atoms with Crippen LogP contribution in [-0.2, 0) is 9.59 Å². The molecule has 156 valence electrons. The van der Waals surface area contributed by atoms with Gasteiger partial charge < -0.3 is 16.0 Å². The van der Waals surface area contributed by atoms with Crippen molar-refractivity contribution >= 4 is 29.3 Å². The Balaban J connectivity index is 1.32. The minimum Gasteiger partial charge on any atom is -0.354 e. The maximum atomic E-state index is 13.1. The van der Waals surface area contributed by atoms with Gasteiger partial charge in [-0.2, -0.15) is 0 Å². The first-order chi connectivity index (χ1) is 13.8. The number of carbonyl (C=O) groups is 3. The summed E-state index contributed by atoms with van der Waals surface area (Å²) in [5.74, 6) is 0.904. The third kappa shape index (κ3) is 4.13. The molecule has 4 fully saturated rings. The zero-order valence-electron chi connectivity index (χ0n) is 16.7. The maximum Gasteiger partial charge on any atom is 0.251 e. The van der Waals surface area contributed by atoms with E-state index in [0.29, 0.717) is 35.5 Å². The topological polar surface area (TPSA) is 87.3 Å². The summed E-state index contributed by atoms with van der Waals surface area (Å²) >= 11 is 5.84. The number of nitrogens with one attached hydrogen (secondary N) is 3. The van der Waals surface area contributed by atoms with Gasteiger partial charge in [-0.1, -0.05) is 11.6 Å². The van der Waals surface area contributed by atoms with Crippen molar-refractivity contribution in [2.75, 3.05) is 13.1 Å².